The number of halogens is 2. The highest BCUT2D eigenvalue weighted by Crippen LogP contribution is 2.28. The average molecular weight is 170 g/mol. The number of hydrogen-bond acceptors (Lipinski definition) is 1. The van der Waals surface area contributed by atoms with Gasteiger partial charge in [-0.05, 0) is 24.3 Å². The maximum atomic E-state index is 13.4. The van der Waals surface area contributed by atoms with Crippen molar-refractivity contribution in [2.24, 2.45) is 0 Å². The van der Waals surface area contributed by atoms with Gasteiger partial charge in [-0.2, -0.15) is 0 Å². The number of carbonyl (C=O) groups excluding carboxylic acids is 1. The van der Waals surface area contributed by atoms with E-state index in [-0.39, 0.29) is 6.42 Å². The van der Waals surface area contributed by atoms with Crippen LogP contribution >= 0.6 is 0 Å². The second kappa shape index (κ2) is 3.43. The summed E-state index contributed by atoms with van der Waals surface area (Å²) in [5, 5.41) is 0. The first-order valence-corrected chi connectivity index (χ1v) is 3.52. The maximum absolute atomic E-state index is 13.4. The fourth-order valence-corrected chi connectivity index (χ4v) is 1.00. The molecule has 64 valence electrons. The van der Waals surface area contributed by atoms with Crippen LogP contribution in [0.15, 0.2) is 36.2 Å². The van der Waals surface area contributed by atoms with Gasteiger partial charge in [-0.1, -0.05) is 6.08 Å². The van der Waals surface area contributed by atoms with E-state index in [2.05, 4.69) is 0 Å². The van der Waals surface area contributed by atoms with E-state index >= 15 is 0 Å². The first kappa shape index (κ1) is 8.84. The molecule has 0 bridgehead atoms. The summed E-state index contributed by atoms with van der Waals surface area (Å²) in [5.41, 5.74) is -1.83. The van der Waals surface area contributed by atoms with Crippen molar-refractivity contribution < 1.29 is 13.6 Å². The zero-order valence-corrected chi connectivity index (χ0v) is 6.34. The Labute approximate surface area is 69.1 Å². The summed E-state index contributed by atoms with van der Waals surface area (Å²) in [7, 11) is 0. The van der Waals surface area contributed by atoms with Crippen LogP contribution in [0, 0.1) is 0 Å². The lowest BCUT2D eigenvalue weighted by Crippen LogP contribution is -2.18. The van der Waals surface area contributed by atoms with Gasteiger partial charge in [-0.15, -0.1) is 0 Å². The Morgan fingerprint density at radius 3 is 2.92 bits per heavy atom. The Hall–Kier alpha value is -1.25. The van der Waals surface area contributed by atoms with Crippen molar-refractivity contribution >= 4 is 6.29 Å². The van der Waals surface area contributed by atoms with E-state index < -0.39 is 11.5 Å². The Morgan fingerprint density at radius 2 is 2.33 bits per heavy atom. The van der Waals surface area contributed by atoms with E-state index in [1.165, 1.54) is 18.2 Å². The largest absolute Gasteiger partial charge is 0.299 e. The number of rotatable bonds is 2. The smallest absolute Gasteiger partial charge is 0.154 e. The van der Waals surface area contributed by atoms with E-state index in [1.807, 2.05) is 0 Å². The van der Waals surface area contributed by atoms with Crippen LogP contribution in [-0.2, 0) is 4.79 Å². The van der Waals surface area contributed by atoms with Crippen LogP contribution in [0.25, 0.3) is 0 Å². The van der Waals surface area contributed by atoms with Crippen LogP contribution in [0.1, 0.15) is 6.42 Å². The van der Waals surface area contributed by atoms with Crippen LogP contribution in [0.4, 0.5) is 8.78 Å². The van der Waals surface area contributed by atoms with Gasteiger partial charge in [0.15, 0.2) is 5.67 Å². The van der Waals surface area contributed by atoms with E-state index in [1.54, 1.807) is 0 Å². The topological polar surface area (TPSA) is 17.1 Å². The quantitative estimate of drug-likeness (QED) is 0.459. The molecule has 1 rings (SSSR count). The van der Waals surface area contributed by atoms with E-state index in [0.29, 0.717) is 6.29 Å². The van der Waals surface area contributed by atoms with Gasteiger partial charge in [0.2, 0.25) is 0 Å². The Bertz CT molecular complexity index is 262. The van der Waals surface area contributed by atoms with Crippen molar-refractivity contribution in [1.29, 1.82) is 0 Å². The predicted octanol–water partition coefficient (Wildman–Crippen LogP) is 2.26. The second-order valence-corrected chi connectivity index (χ2v) is 2.57. The molecule has 1 aliphatic carbocycles. The minimum absolute atomic E-state index is 0.326. The van der Waals surface area contributed by atoms with Crippen LogP contribution in [0.3, 0.4) is 0 Å². The molecule has 0 N–H and O–H groups in total. The fourth-order valence-electron chi connectivity index (χ4n) is 1.00. The molecule has 0 spiro atoms. The highest BCUT2D eigenvalue weighted by Gasteiger charge is 2.26. The van der Waals surface area contributed by atoms with Crippen molar-refractivity contribution in [1.82, 2.24) is 0 Å². The van der Waals surface area contributed by atoms with Crippen molar-refractivity contribution in [3.63, 3.8) is 0 Å². The Balaban J connectivity index is 2.75. The Morgan fingerprint density at radius 1 is 1.58 bits per heavy atom. The molecule has 0 aromatic heterocycles. The number of aldehydes is 1. The third-order valence-electron chi connectivity index (χ3n) is 1.54. The van der Waals surface area contributed by atoms with Crippen molar-refractivity contribution in [3.05, 3.63) is 36.2 Å². The third-order valence-corrected chi connectivity index (χ3v) is 1.54. The number of carbonyl (C=O) groups is 1. The van der Waals surface area contributed by atoms with Crippen LogP contribution < -0.4 is 0 Å². The summed E-state index contributed by atoms with van der Waals surface area (Å²) >= 11 is 0. The average Bonchev–Trinajstić information content (AvgIpc) is 2.01. The van der Waals surface area contributed by atoms with Gasteiger partial charge in [-0.25, -0.2) is 8.78 Å². The number of allylic oxidation sites excluding steroid dienone is 6. The minimum atomic E-state index is -1.83. The molecule has 1 atom stereocenters. The van der Waals surface area contributed by atoms with E-state index in [0.717, 1.165) is 12.2 Å². The summed E-state index contributed by atoms with van der Waals surface area (Å²) in [6.07, 6.45) is 5.93. The molecule has 1 unspecified atom stereocenters. The summed E-state index contributed by atoms with van der Waals surface area (Å²) in [5.74, 6) is -0.518. The first-order chi connectivity index (χ1) is 5.66. The molecule has 1 nitrogen and oxygen atoms in total. The monoisotopic (exact) mass is 170 g/mol. The molecular formula is C9H8F2O. The highest BCUT2D eigenvalue weighted by molar-refractivity contribution is 5.65. The second-order valence-electron chi connectivity index (χ2n) is 2.57. The molecule has 0 radical (unpaired) electrons. The maximum Gasteiger partial charge on any atom is 0.154 e. The molecular weight excluding hydrogens is 162 g/mol. The molecule has 0 fully saturated rings. The third kappa shape index (κ3) is 2.12. The summed E-state index contributed by atoms with van der Waals surface area (Å²) in [6, 6.07) is 0. The lowest BCUT2D eigenvalue weighted by molar-refractivity contribution is -0.104. The molecule has 0 aromatic carbocycles. The molecule has 0 heterocycles. The van der Waals surface area contributed by atoms with E-state index in [9.17, 15) is 13.6 Å². The molecule has 12 heavy (non-hydrogen) atoms. The number of hydrogen-bond donors (Lipinski definition) is 0. The lowest BCUT2D eigenvalue weighted by Gasteiger charge is -2.18. The van der Waals surface area contributed by atoms with Crippen LogP contribution in [-0.4, -0.2) is 12.0 Å². The van der Waals surface area contributed by atoms with Gasteiger partial charge in [0.05, 0.1) is 0 Å². The number of alkyl halides is 1. The van der Waals surface area contributed by atoms with Gasteiger partial charge in [-0.3, -0.25) is 4.79 Å². The summed E-state index contributed by atoms with van der Waals surface area (Å²) < 4.78 is 26.0. The fraction of sp³-hybridized carbons (Fsp3) is 0.222. The van der Waals surface area contributed by atoms with Gasteiger partial charge < -0.3 is 0 Å². The SMILES string of the molecule is O=CC=CC1(F)C=CC=C(F)C1. The van der Waals surface area contributed by atoms with Gasteiger partial charge in [0, 0.05) is 6.42 Å². The van der Waals surface area contributed by atoms with Crippen LogP contribution in [0.2, 0.25) is 0 Å². The molecule has 3 heteroatoms. The zero-order valence-electron chi connectivity index (χ0n) is 6.34. The van der Waals surface area contributed by atoms with Gasteiger partial charge >= 0.3 is 0 Å². The van der Waals surface area contributed by atoms with Crippen molar-refractivity contribution in [2.45, 2.75) is 12.1 Å². The molecule has 1 aliphatic rings. The van der Waals surface area contributed by atoms with Gasteiger partial charge in [0.25, 0.3) is 0 Å². The summed E-state index contributed by atoms with van der Waals surface area (Å²) in [6.45, 7) is 0. The summed E-state index contributed by atoms with van der Waals surface area (Å²) in [4.78, 5) is 9.89. The molecule has 0 saturated carbocycles. The lowest BCUT2D eigenvalue weighted by atomic mass is 9.96. The predicted molar refractivity (Wildman–Crippen MR) is 42.0 cm³/mol. The van der Waals surface area contributed by atoms with Crippen LogP contribution in [0.5, 0.6) is 0 Å². The van der Waals surface area contributed by atoms with Crippen molar-refractivity contribution in [2.75, 3.05) is 0 Å². The molecule has 0 aromatic rings. The standard InChI is InChI=1S/C9H8F2O/c10-8-3-1-4-9(11,7-8)5-2-6-12/h1-6H,7H2. The minimum Gasteiger partial charge on any atom is -0.299 e. The first-order valence-electron chi connectivity index (χ1n) is 3.52. The molecule has 0 saturated heterocycles. The zero-order chi connectivity index (χ0) is 9.03. The van der Waals surface area contributed by atoms with Gasteiger partial charge in [0.1, 0.15) is 12.1 Å². The Kier molecular flexibility index (Phi) is 2.53. The van der Waals surface area contributed by atoms with E-state index in [4.69, 9.17) is 0 Å². The highest BCUT2D eigenvalue weighted by atomic mass is 19.1. The van der Waals surface area contributed by atoms with Crippen molar-refractivity contribution in [3.8, 4) is 0 Å². The molecule has 0 aliphatic heterocycles. The normalized spacial score (nSPS) is 29.0. The molecule has 0 amide bonds.